The SMILES string of the molecule is CS(=O)Cc1cc(N2CCOCC2)nc(-c2cnc(N(C(=O)OC(C)(C)C)C(=O)OC(C)(C)C)s2)n1. The van der Waals surface area contributed by atoms with Crippen molar-refractivity contribution >= 4 is 45.3 Å². The van der Waals surface area contributed by atoms with E-state index >= 15 is 0 Å². The average molecular weight is 540 g/mol. The first-order chi connectivity index (χ1) is 16.7. The maximum Gasteiger partial charge on any atom is 0.426 e. The van der Waals surface area contributed by atoms with Crippen LogP contribution in [0.15, 0.2) is 12.3 Å². The molecule has 1 fully saturated rings. The predicted octanol–water partition coefficient (Wildman–Crippen LogP) is 3.99. The number of ether oxygens (including phenoxy) is 3. The van der Waals surface area contributed by atoms with Crippen LogP contribution >= 0.6 is 11.3 Å². The molecule has 11 nitrogen and oxygen atoms in total. The number of nitrogens with zero attached hydrogens (tertiary/aromatic N) is 5. The van der Waals surface area contributed by atoms with Crippen molar-refractivity contribution in [2.75, 3.05) is 42.4 Å². The first kappa shape index (κ1) is 27.9. The fourth-order valence-electron chi connectivity index (χ4n) is 3.15. The van der Waals surface area contributed by atoms with E-state index in [9.17, 15) is 13.8 Å². The van der Waals surface area contributed by atoms with Gasteiger partial charge in [-0.1, -0.05) is 11.3 Å². The van der Waals surface area contributed by atoms with Crippen molar-refractivity contribution in [3.8, 4) is 10.7 Å². The first-order valence-electron chi connectivity index (χ1n) is 11.4. The molecule has 1 atom stereocenters. The van der Waals surface area contributed by atoms with E-state index in [1.165, 1.54) is 6.20 Å². The van der Waals surface area contributed by atoms with E-state index < -0.39 is 34.2 Å². The summed E-state index contributed by atoms with van der Waals surface area (Å²) in [5.41, 5.74) is -1.05. The maximum absolute atomic E-state index is 13.0. The highest BCUT2D eigenvalue weighted by atomic mass is 32.2. The van der Waals surface area contributed by atoms with Crippen LogP contribution in [0.4, 0.5) is 20.5 Å². The molecule has 2 aromatic rings. The summed E-state index contributed by atoms with van der Waals surface area (Å²) in [5.74, 6) is 1.31. The lowest BCUT2D eigenvalue weighted by molar-refractivity contribution is 0.0430. The van der Waals surface area contributed by atoms with Crippen LogP contribution in [0.5, 0.6) is 0 Å². The number of hydrogen-bond donors (Lipinski definition) is 0. The minimum absolute atomic E-state index is 0.0643. The Bertz CT molecular complexity index is 1090. The number of thiazole rings is 1. The van der Waals surface area contributed by atoms with Crippen LogP contribution in [0.1, 0.15) is 47.2 Å². The molecule has 0 bridgehead atoms. The molecule has 0 spiro atoms. The van der Waals surface area contributed by atoms with Crippen molar-refractivity contribution in [3.05, 3.63) is 18.0 Å². The van der Waals surface area contributed by atoms with Crippen LogP contribution in [-0.2, 0) is 30.8 Å². The number of aromatic nitrogens is 3. The van der Waals surface area contributed by atoms with Gasteiger partial charge in [0.15, 0.2) is 5.82 Å². The number of imide groups is 1. The van der Waals surface area contributed by atoms with Gasteiger partial charge in [0, 0.05) is 36.2 Å². The third kappa shape index (κ3) is 7.93. The molecule has 13 heteroatoms. The smallest absolute Gasteiger partial charge is 0.426 e. The first-order valence-corrected chi connectivity index (χ1v) is 14.0. The van der Waals surface area contributed by atoms with Gasteiger partial charge < -0.3 is 19.1 Å². The summed E-state index contributed by atoms with van der Waals surface area (Å²) >= 11 is 1.05. The Morgan fingerprint density at radius 1 is 1.08 bits per heavy atom. The van der Waals surface area contributed by atoms with Crippen LogP contribution in [0.25, 0.3) is 10.7 Å². The van der Waals surface area contributed by atoms with Crippen LogP contribution in [-0.4, -0.2) is 75.1 Å². The zero-order valence-corrected chi connectivity index (χ0v) is 23.3. The van der Waals surface area contributed by atoms with E-state index in [2.05, 4.69) is 14.9 Å². The van der Waals surface area contributed by atoms with Gasteiger partial charge in [-0.2, -0.15) is 4.90 Å². The molecule has 0 aromatic carbocycles. The van der Waals surface area contributed by atoms with Crippen molar-refractivity contribution in [3.63, 3.8) is 0 Å². The highest BCUT2D eigenvalue weighted by Gasteiger charge is 2.35. The Balaban J connectivity index is 2.00. The molecule has 1 unspecified atom stereocenters. The quantitative estimate of drug-likeness (QED) is 0.551. The summed E-state index contributed by atoms with van der Waals surface area (Å²) in [7, 11) is -1.10. The van der Waals surface area contributed by atoms with Crippen LogP contribution in [0.2, 0.25) is 0 Å². The van der Waals surface area contributed by atoms with Gasteiger partial charge in [0.05, 0.1) is 35.7 Å². The molecule has 36 heavy (non-hydrogen) atoms. The Morgan fingerprint density at radius 3 is 2.19 bits per heavy atom. The molecule has 3 rings (SSSR count). The fourth-order valence-corrected chi connectivity index (χ4v) is 4.54. The minimum Gasteiger partial charge on any atom is -0.443 e. The van der Waals surface area contributed by atoms with Gasteiger partial charge in [0.25, 0.3) is 0 Å². The highest BCUT2D eigenvalue weighted by Crippen LogP contribution is 2.32. The molecule has 2 amide bonds. The van der Waals surface area contributed by atoms with E-state index in [1.54, 1.807) is 47.8 Å². The molecule has 1 aliphatic heterocycles. The lowest BCUT2D eigenvalue weighted by Gasteiger charge is -2.28. The van der Waals surface area contributed by atoms with Crippen molar-refractivity contribution < 1.29 is 28.0 Å². The van der Waals surface area contributed by atoms with Gasteiger partial charge in [-0.25, -0.2) is 24.5 Å². The molecule has 0 N–H and O–H groups in total. The number of morpholine rings is 1. The zero-order valence-electron chi connectivity index (χ0n) is 21.7. The largest absolute Gasteiger partial charge is 0.443 e. The number of carbonyl (C=O) groups excluding carboxylic acids is 2. The fraction of sp³-hybridized carbons (Fsp3) is 0.609. The summed E-state index contributed by atoms with van der Waals surface area (Å²) in [4.78, 5) is 42.9. The van der Waals surface area contributed by atoms with Gasteiger partial charge in [-0.3, -0.25) is 4.21 Å². The summed E-state index contributed by atoms with van der Waals surface area (Å²) in [6.45, 7) is 12.7. The monoisotopic (exact) mass is 539 g/mol. The lowest BCUT2D eigenvalue weighted by atomic mass is 10.2. The molecule has 198 valence electrons. The van der Waals surface area contributed by atoms with E-state index in [4.69, 9.17) is 19.2 Å². The summed E-state index contributed by atoms with van der Waals surface area (Å²) < 4.78 is 28.2. The summed E-state index contributed by atoms with van der Waals surface area (Å²) in [5, 5.41) is 0.0643. The number of hydrogen-bond acceptors (Lipinski definition) is 11. The molecule has 2 aromatic heterocycles. The average Bonchev–Trinajstić information content (AvgIpc) is 3.20. The second kappa shape index (κ2) is 11.2. The normalized spacial score (nSPS) is 15.4. The number of anilines is 2. The molecule has 0 radical (unpaired) electrons. The topological polar surface area (TPSA) is 124 Å². The Hall–Kier alpha value is -2.64. The number of carbonyl (C=O) groups is 2. The van der Waals surface area contributed by atoms with E-state index in [1.807, 2.05) is 6.07 Å². The summed E-state index contributed by atoms with van der Waals surface area (Å²) in [6, 6.07) is 1.83. The van der Waals surface area contributed by atoms with E-state index in [-0.39, 0.29) is 10.9 Å². The molecule has 0 aliphatic carbocycles. The predicted molar refractivity (Wildman–Crippen MR) is 139 cm³/mol. The van der Waals surface area contributed by atoms with Gasteiger partial charge >= 0.3 is 12.2 Å². The third-order valence-electron chi connectivity index (χ3n) is 4.51. The Labute approximate surface area is 217 Å². The molecule has 1 saturated heterocycles. The Morgan fingerprint density at radius 2 is 1.67 bits per heavy atom. The van der Waals surface area contributed by atoms with Crippen molar-refractivity contribution in [1.82, 2.24) is 15.0 Å². The Kier molecular flexibility index (Phi) is 8.67. The standard InChI is InChI=1S/C23H33N5O6S2/c1-22(2,3)33-20(29)28(21(30)34-23(4,5)6)19-24-13-16(35-19)18-25-15(14-36(7)31)12-17(26-18)27-8-10-32-11-9-27/h12-13H,8-11,14H2,1-7H3. The van der Waals surface area contributed by atoms with Gasteiger partial charge in [0.2, 0.25) is 5.13 Å². The molecule has 1 aliphatic rings. The third-order valence-corrected chi connectivity index (χ3v) is 6.19. The van der Waals surface area contributed by atoms with E-state index in [0.717, 1.165) is 16.2 Å². The van der Waals surface area contributed by atoms with Crippen molar-refractivity contribution in [1.29, 1.82) is 0 Å². The van der Waals surface area contributed by atoms with Crippen molar-refractivity contribution in [2.24, 2.45) is 0 Å². The molecule has 3 heterocycles. The number of rotatable bonds is 5. The van der Waals surface area contributed by atoms with Gasteiger partial charge in [-0.05, 0) is 41.5 Å². The van der Waals surface area contributed by atoms with Crippen molar-refractivity contribution in [2.45, 2.75) is 58.5 Å². The van der Waals surface area contributed by atoms with Gasteiger partial charge in [0.1, 0.15) is 17.0 Å². The lowest BCUT2D eigenvalue weighted by Crippen LogP contribution is -2.43. The minimum atomic E-state index is -1.10. The molecular weight excluding hydrogens is 506 g/mol. The zero-order chi connectivity index (χ0) is 26.7. The molecular formula is C23H33N5O6S2. The second-order valence-electron chi connectivity index (χ2n) is 10.2. The van der Waals surface area contributed by atoms with Crippen LogP contribution in [0, 0.1) is 0 Å². The molecule has 0 saturated carbocycles. The van der Waals surface area contributed by atoms with Crippen LogP contribution in [0.3, 0.4) is 0 Å². The van der Waals surface area contributed by atoms with Crippen LogP contribution < -0.4 is 9.80 Å². The van der Waals surface area contributed by atoms with E-state index in [0.29, 0.717) is 48.5 Å². The second-order valence-corrected chi connectivity index (χ2v) is 12.6. The maximum atomic E-state index is 13.0. The summed E-state index contributed by atoms with van der Waals surface area (Å²) in [6.07, 6.45) is 1.30. The van der Waals surface area contributed by atoms with Gasteiger partial charge in [-0.15, -0.1) is 0 Å². The highest BCUT2D eigenvalue weighted by molar-refractivity contribution is 7.83. The number of amides is 2.